The van der Waals surface area contributed by atoms with Crippen LogP contribution in [-0.2, 0) is 11.3 Å². The summed E-state index contributed by atoms with van der Waals surface area (Å²) in [7, 11) is 0. The Labute approximate surface area is 179 Å². The number of ether oxygens (including phenoxy) is 1. The molecule has 0 aliphatic rings. The standard InChI is InChI=1S/C22H24N4O5/c1-4-16(3)25(13-20-23-22(24-31-20)17-8-6-5-7-9-17)21(27)14-30-18-10-11-19(26(28)29)15(2)12-18/h5-12,16H,4,13-14H2,1-3H3/t16-/m1/s1. The Morgan fingerprint density at radius 2 is 2.00 bits per heavy atom. The van der Waals surface area contributed by atoms with Gasteiger partial charge in [0, 0.05) is 23.2 Å². The quantitative estimate of drug-likeness (QED) is 0.374. The maximum Gasteiger partial charge on any atom is 0.272 e. The first kappa shape index (κ1) is 21.9. The van der Waals surface area contributed by atoms with Crippen LogP contribution in [-0.4, -0.2) is 38.5 Å². The van der Waals surface area contributed by atoms with E-state index in [1.54, 1.807) is 17.9 Å². The highest BCUT2D eigenvalue weighted by Gasteiger charge is 2.23. The average molecular weight is 424 g/mol. The fraction of sp³-hybridized carbons (Fsp3) is 0.318. The lowest BCUT2D eigenvalue weighted by Crippen LogP contribution is -2.40. The Bertz CT molecular complexity index is 1050. The Morgan fingerprint density at radius 3 is 2.65 bits per heavy atom. The van der Waals surface area contributed by atoms with E-state index in [-0.39, 0.29) is 30.8 Å². The molecule has 31 heavy (non-hydrogen) atoms. The van der Waals surface area contributed by atoms with Crippen molar-refractivity contribution in [1.82, 2.24) is 15.0 Å². The number of carbonyl (C=O) groups is 1. The largest absolute Gasteiger partial charge is 0.484 e. The van der Waals surface area contributed by atoms with Crippen LogP contribution in [0.15, 0.2) is 53.1 Å². The Balaban J connectivity index is 1.68. The number of nitro groups is 1. The van der Waals surface area contributed by atoms with Crippen molar-refractivity contribution in [3.05, 3.63) is 70.1 Å². The third-order valence-electron chi connectivity index (χ3n) is 4.98. The fourth-order valence-electron chi connectivity index (χ4n) is 3.03. The van der Waals surface area contributed by atoms with E-state index in [1.807, 2.05) is 44.2 Å². The third kappa shape index (κ3) is 5.44. The predicted octanol–water partition coefficient (Wildman–Crippen LogP) is 4.16. The van der Waals surface area contributed by atoms with Gasteiger partial charge >= 0.3 is 0 Å². The molecule has 0 unspecified atom stereocenters. The molecule has 0 radical (unpaired) electrons. The summed E-state index contributed by atoms with van der Waals surface area (Å²) in [5, 5.41) is 14.9. The summed E-state index contributed by atoms with van der Waals surface area (Å²) in [6.07, 6.45) is 0.738. The van der Waals surface area contributed by atoms with Gasteiger partial charge in [-0.1, -0.05) is 42.4 Å². The number of carbonyl (C=O) groups excluding carboxylic acids is 1. The number of hydrogen-bond acceptors (Lipinski definition) is 7. The number of nitro benzene ring substituents is 1. The number of hydrogen-bond donors (Lipinski definition) is 0. The molecule has 0 aliphatic heterocycles. The molecule has 0 spiro atoms. The normalized spacial score (nSPS) is 11.7. The van der Waals surface area contributed by atoms with E-state index in [4.69, 9.17) is 9.26 Å². The van der Waals surface area contributed by atoms with Crippen LogP contribution in [0.2, 0.25) is 0 Å². The van der Waals surface area contributed by atoms with E-state index >= 15 is 0 Å². The Hall–Kier alpha value is -3.75. The van der Waals surface area contributed by atoms with E-state index in [2.05, 4.69) is 10.1 Å². The molecule has 0 N–H and O–H groups in total. The van der Waals surface area contributed by atoms with Crippen LogP contribution in [0.3, 0.4) is 0 Å². The summed E-state index contributed by atoms with van der Waals surface area (Å²) in [6, 6.07) is 13.8. The first-order valence-corrected chi connectivity index (χ1v) is 9.94. The molecule has 0 saturated heterocycles. The van der Waals surface area contributed by atoms with Crippen LogP contribution in [0.5, 0.6) is 5.75 Å². The van der Waals surface area contributed by atoms with Gasteiger partial charge in [-0.05, 0) is 32.4 Å². The molecule has 1 heterocycles. The lowest BCUT2D eigenvalue weighted by molar-refractivity contribution is -0.385. The molecule has 0 fully saturated rings. The van der Waals surface area contributed by atoms with Crippen molar-refractivity contribution in [2.24, 2.45) is 0 Å². The molecule has 9 nitrogen and oxygen atoms in total. The van der Waals surface area contributed by atoms with Gasteiger partial charge in [0.25, 0.3) is 11.6 Å². The van der Waals surface area contributed by atoms with Gasteiger partial charge in [0.05, 0.1) is 4.92 Å². The summed E-state index contributed by atoms with van der Waals surface area (Å²) in [6.45, 7) is 5.49. The minimum Gasteiger partial charge on any atom is -0.484 e. The molecule has 2 aromatic carbocycles. The fourth-order valence-corrected chi connectivity index (χ4v) is 3.03. The average Bonchev–Trinajstić information content (AvgIpc) is 3.24. The molecule has 162 valence electrons. The SMILES string of the molecule is CC[C@@H](C)N(Cc1nc(-c2ccccc2)no1)C(=O)COc1ccc([N+](=O)[O-])c(C)c1. The van der Waals surface area contributed by atoms with Gasteiger partial charge in [0.15, 0.2) is 6.61 Å². The van der Waals surface area contributed by atoms with Crippen molar-refractivity contribution in [3.8, 4) is 17.1 Å². The van der Waals surface area contributed by atoms with Gasteiger partial charge in [0.2, 0.25) is 11.7 Å². The first-order valence-electron chi connectivity index (χ1n) is 9.94. The second-order valence-electron chi connectivity index (χ2n) is 7.15. The molecule has 1 atom stereocenters. The monoisotopic (exact) mass is 424 g/mol. The molecule has 3 aromatic rings. The van der Waals surface area contributed by atoms with E-state index in [0.29, 0.717) is 23.0 Å². The van der Waals surface area contributed by atoms with Gasteiger partial charge in [-0.25, -0.2) is 0 Å². The smallest absolute Gasteiger partial charge is 0.272 e. The summed E-state index contributed by atoms with van der Waals surface area (Å²) in [5.41, 5.74) is 1.30. The number of rotatable bonds is 9. The molecule has 9 heteroatoms. The summed E-state index contributed by atoms with van der Waals surface area (Å²) >= 11 is 0. The zero-order chi connectivity index (χ0) is 22.4. The molecule has 0 aliphatic carbocycles. The maximum atomic E-state index is 12.9. The predicted molar refractivity (Wildman–Crippen MR) is 113 cm³/mol. The lowest BCUT2D eigenvalue weighted by atomic mass is 10.2. The zero-order valence-corrected chi connectivity index (χ0v) is 17.6. The maximum absolute atomic E-state index is 12.9. The highest BCUT2D eigenvalue weighted by molar-refractivity contribution is 5.78. The first-order chi connectivity index (χ1) is 14.9. The van der Waals surface area contributed by atoms with Crippen LogP contribution in [0.1, 0.15) is 31.7 Å². The van der Waals surface area contributed by atoms with Gasteiger partial charge in [-0.2, -0.15) is 4.98 Å². The molecule has 0 bridgehead atoms. The third-order valence-corrected chi connectivity index (χ3v) is 4.98. The number of aromatic nitrogens is 2. The van der Waals surface area contributed by atoms with Crippen molar-refractivity contribution in [3.63, 3.8) is 0 Å². The van der Waals surface area contributed by atoms with Crippen LogP contribution in [0.25, 0.3) is 11.4 Å². The van der Waals surface area contributed by atoms with Gasteiger partial charge < -0.3 is 14.2 Å². The molecule has 1 aromatic heterocycles. The van der Waals surface area contributed by atoms with E-state index in [0.717, 1.165) is 12.0 Å². The molecular weight excluding hydrogens is 400 g/mol. The molecule has 3 rings (SSSR count). The minimum absolute atomic E-state index is 0.00511. The van der Waals surface area contributed by atoms with Crippen molar-refractivity contribution in [2.45, 2.75) is 39.8 Å². The van der Waals surface area contributed by atoms with Crippen molar-refractivity contribution in [2.75, 3.05) is 6.61 Å². The number of benzene rings is 2. The van der Waals surface area contributed by atoms with Gasteiger partial charge in [0.1, 0.15) is 12.3 Å². The van der Waals surface area contributed by atoms with Crippen LogP contribution < -0.4 is 4.74 Å². The molecule has 0 saturated carbocycles. The second-order valence-corrected chi connectivity index (χ2v) is 7.15. The highest BCUT2D eigenvalue weighted by atomic mass is 16.6. The van der Waals surface area contributed by atoms with Crippen molar-refractivity contribution >= 4 is 11.6 Å². The lowest BCUT2D eigenvalue weighted by Gasteiger charge is -2.27. The minimum atomic E-state index is -0.455. The highest BCUT2D eigenvalue weighted by Crippen LogP contribution is 2.23. The zero-order valence-electron chi connectivity index (χ0n) is 17.6. The summed E-state index contributed by atoms with van der Waals surface area (Å²) < 4.78 is 10.9. The van der Waals surface area contributed by atoms with Crippen molar-refractivity contribution < 1.29 is 19.0 Å². The molecule has 1 amide bonds. The number of aryl methyl sites for hydroxylation is 1. The van der Waals surface area contributed by atoms with Gasteiger partial charge in [-0.3, -0.25) is 14.9 Å². The number of nitrogens with zero attached hydrogens (tertiary/aromatic N) is 4. The summed E-state index contributed by atoms with van der Waals surface area (Å²) in [5.74, 6) is 0.943. The van der Waals surface area contributed by atoms with Crippen LogP contribution in [0.4, 0.5) is 5.69 Å². The Morgan fingerprint density at radius 1 is 1.26 bits per heavy atom. The second kappa shape index (κ2) is 9.84. The van der Waals surface area contributed by atoms with Crippen molar-refractivity contribution in [1.29, 1.82) is 0 Å². The van der Waals surface area contributed by atoms with Crippen LogP contribution >= 0.6 is 0 Å². The van der Waals surface area contributed by atoms with E-state index < -0.39 is 4.92 Å². The van der Waals surface area contributed by atoms with E-state index in [1.165, 1.54) is 12.1 Å². The molecular formula is C22H24N4O5. The van der Waals surface area contributed by atoms with Gasteiger partial charge in [-0.15, -0.1) is 0 Å². The Kier molecular flexibility index (Phi) is 6.96. The van der Waals surface area contributed by atoms with Crippen LogP contribution in [0, 0.1) is 17.0 Å². The topological polar surface area (TPSA) is 112 Å². The number of amides is 1. The van der Waals surface area contributed by atoms with E-state index in [9.17, 15) is 14.9 Å². The summed E-state index contributed by atoms with van der Waals surface area (Å²) in [4.78, 5) is 29.4.